The summed E-state index contributed by atoms with van der Waals surface area (Å²) in [5.41, 5.74) is 2.73. The molecule has 1 aliphatic rings. The van der Waals surface area contributed by atoms with Crippen LogP contribution in [0, 0.1) is 0 Å². The highest BCUT2D eigenvalue weighted by atomic mass is 16.2. The van der Waals surface area contributed by atoms with Crippen molar-refractivity contribution in [1.29, 1.82) is 0 Å². The zero-order valence-corrected chi connectivity index (χ0v) is 12.0. The van der Waals surface area contributed by atoms with Gasteiger partial charge in [-0.3, -0.25) is 9.69 Å². The molecule has 1 aromatic rings. The molecule has 7 nitrogen and oxygen atoms in total. The highest BCUT2D eigenvalue weighted by Crippen LogP contribution is 2.17. The van der Waals surface area contributed by atoms with Crippen LogP contribution in [0.2, 0.25) is 0 Å². The zero-order valence-electron chi connectivity index (χ0n) is 12.0. The Kier molecular flexibility index (Phi) is 4.86. The van der Waals surface area contributed by atoms with E-state index in [4.69, 9.17) is 5.84 Å². The maximum absolute atomic E-state index is 12.3. The van der Waals surface area contributed by atoms with E-state index >= 15 is 0 Å². The molecule has 20 heavy (non-hydrogen) atoms. The largest absolute Gasteiger partial charge is 0.339 e. The fourth-order valence-corrected chi connectivity index (χ4v) is 2.64. The first-order chi connectivity index (χ1) is 9.65. The standard InChI is InChI=1S/C13H22N6O/c1-3-19-8-4-5-10(19)9-18(2)13(20)11-6-7-12(15-14)17-16-11/h6-7,10H,3-5,8-9,14H2,1-2H3,(H,15,17). The van der Waals surface area contributed by atoms with Gasteiger partial charge in [-0.1, -0.05) is 6.92 Å². The minimum absolute atomic E-state index is 0.107. The van der Waals surface area contributed by atoms with Crippen molar-refractivity contribution in [3.63, 3.8) is 0 Å². The molecule has 1 fully saturated rings. The number of carbonyl (C=O) groups is 1. The number of nitrogens with one attached hydrogen (secondary N) is 1. The number of likely N-dealkylation sites (tertiary alicyclic amines) is 1. The Morgan fingerprint density at radius 2 is 2.35 bits per heavy atom. The van der Waals surface area contributed by atoms with Crippen LogP contribution in [0.3, 0.4) is 0 Å². The molecule has 1 unspecified atom stereocenters. The Morgan fingerprint density at radius 1 is 1.55 bits per heavy atom. The van der Waals surface area contributed by atoms with Crippen molar-refractivity contribution >= 4 is 11.7 Å². The van der Waals surface area contributed by atoms with Crippen LogP contribution < -0.4 is 11.3 Å². The van der Waals surface area contributed by atoms with Gasteiger partial charge in [0.05, 0.1) is 0 Å². The SMILES string of the molecule is CCN1CCCC1CN(C)C(=O)c1ccc(NN)nn1. The van der Waals surface area contributed by atoms with Crippen molar-refractivity contribution in [2.45, 2.75) is 25.8 Å². The number of hydrazine groups is 1. The molecule has 1 amide bonds. The predicted octanol–water partition coefficient (Wildman–Crippen LogP) is 0.319. The first-order valence-electron chi connectivity index (χ1n) is 6.95. The number of amides is 1. The summed E-state index contributed by atoms with van der Waals surface area (Å²) in [6.45, 7) is 5.04. The van der Waals surface area contributed by atoms with Gasteiger partial charge in [0.15, 0.2) is 11.5 Å². The molecule has 1 aliphatic heterocycles. The van der Waals surface area contributed by atoms with Gasteiger partial charge in [0, 0.05) is 19.6 Å². The van der Waals surface area contributed by atoms with Crippen molar-refractivity contribution in [2.75, 3.05) is 32.1 Å². The number of nitrogens with zero attached hydrogens (tertiary/aromatic N) is 4. The molecular weight excluding hydrogens is 256 g/mol. The number of aromatic nitrogens is 2. The second-order valence-corrected chi connectivity index (χ2v) is 5.06. The minimum atomic E-state index is -0.107. The molecule has 0 radical (unpaired) electrons. The molecule has 0 aromatic carbocycles. The van der Waals surface area contributed by atoms with Crippen LogP contribution >= 0.6 is 0 Å². The van der Waals surface area contributed by atoms with E-state index in [2.05, 4.69) is 27.4 Å². The molecular formula is C13H22N6O. The van der Waals surface area contributed by atoms with E-state index in [0.29, 0.717) is 17.6 Å². The van der Waals surface area contributed by atoms with E-state index in [1.807, 2.05) is 7.05 Å². The van der Waals surface area contributed by atoms with Gasteiger partial charge in [-0.15, -0.1) is 10.2 Å². The highest BCUT2D eigenvalue weighted by molar-refractivity contribution is 5.92. The number of nitrogens with two attached hydrogens (primary N) is 1. The lowest BCUT2D eigenvalue weighted by Gasteiger charge is -2.27. The van der Waals surface area contributed by atoms with E-state index in [1.54, 1.807) is 17.0 Å². The topological polar surface area (TPSA) is 87.4 Å². The molecule has 110 valence electrons. The summed E-state index contributed by atoms with van der Waals surface area (Å²) in [4.78, 5) is 16.4. The molecule has 1 aromatic heterocycles. The highest BCUT2D eigenvalue weighted by Gasteiger charge is 2.26. The Hall–Kier alpha value is -1.73. The molecule has 0 spiro atoms. The number of nitrogen functional groups attached to an aromatic ring is 1. The lowest BCUT2D eigenvalue weighted by molar-refractivity contribution is 0.0748. The van der Waals surface area contributed by atoms with Crippen molar-refractivity contribution in [3.05, 3.63) is 17.8 Å². The van der Waals surface area contributed by atoms with Gasteiger partial charge in [-0.2, -0.15) is 0 Å². The lowest BCUT2D eigenvalue weighted by Crippen LogP contribution is -2.41. The Labute approximate surface area is 119 Å². The maximum Gasteiger partial charge on any atom is 0.274 e. The van der Waals surface area contributed by atoms with Crippen LogP contribution in [0.15, 0.2) is 12.1 Å². The summed E-state index contributed by atoms with van der Waals surface area (Å²) in [6, 6.07) is 3.72. The van der Waals surface area contributed by atoms with E-state index in [9.17, 15) is 4.79 Å². The van der Waals surface area contributed by atoms with E-state index in [1.165, 1.54) is 6.42 Å². The number of hydrogen-bond acceptors (Lipinski definition) is 6. The van der Waals surface area contributed by atoms with Crippen molar-refractivity contribution in [3.8, 4) is 0 Å². The smallest absolute Gasteiger partial charge is 0.274 e. The van der Waals surface area contributed by atoms with Crippen molar-refractivity contribution in [1.82, 2.24) is 20.0 Å². The quantitative estimate of drug-likeness (QED) is 0.596. The molecule has 7 heteroatoms. The average molecular weight is 278 g/mol. The average Bonchev–Trinajstić information content (AvgIpc) is 2.93. The summed E-state index contributed by atoms with van der Waals surface area (Å²) in [5, 5.41) is 7.71. The molecule has 2 heterocycles. The summed E-state index contributed by atoms with van der Waals surface area (Å²) in [7, 11) is 1.81. The van der Waals surface area contributed by atoms with Gasteiger partial charge >= 0.3 is 0 Å². The van der Waals surface area contributed by atoms with E-state index in [0.717, 1.165) is 26.1 Å². The first-order valence-corrected chi connectivity index (χ1v) is 6.95. The fourth-order valence-electron chi connectivity index (χ4n) is 2.64. The second-order valence-electron chi connectivity index (χ2n) is 5.06. The van der Waals surface area contributed by atoms with Crippen LogP contribution in [-0.2, 0) is 0 Å². The van der Waals surface area contributed by atoms with Crippen LogP contribution in [0.1, 0.15) is 30.3 Å². The number of rotatable bonds is 5. The third kappa shape index (κ3) is 3.23. The summed E-state index contributed by atoms with van der Waals surface area (Å²) in [6.07, 6.45) is 2.35. The second kappa shape index (κ2) is 6.62. The molecule has 0 aliphatic carbocycles. The number of carbonyl (C=O) groups excluding carboxylic acids is 1. The predicted molar refractivity (Wildman–Crippen MR) is 77.1 cm³/mol. The van der Waals surface area contributed by atoms with Crippen LogP contribution in [0.25, 0.3) is 0 Å². The lowest BCUT2D eigenvalue weighted by atomic mass is 10.2. The van der Waals surface area contributed by atoms with Gasteiger partial charge < -0.3 is 10.3 Å². The van der Waals surface area contributed by atoms with Crippen LogP contribution in [0.4, 0.5) is 5.82 Å². The number of anilines is 1. The third-order valence-electron chi connectivity index (χ3n) is 3.77. The molecule has 1 saturated heterocycles. The van der Waals surface area contributed by atoms with Gasteiger partial charge in [-0.25, -0.2) is 5.84 Å². The molecule has 3 N–H and O–H groups in total. The van der Waals surface area contributed by atoms with Gasteiger partial charge in [-0.05, 0) is 38.1 Å². The summed E-state index contributed by atoms with van der Waals surface area (Å²) in [5.74, 6) is 5.56. The zero-order chi connectivity index (χ0) is 14.5. The van der Waals surface area contributed by atoms with E-state index in [-0.39, 0.29) is 5.91 Å². The van der Waals surface area contributed by atoms with Gasteiger partial charge in [0.1, 0.15) is 0 Å². The summed E-state index contributed by atoms with van der Waals surface area (Å²) < 4.78 is 0. The Balaban J connectivity index is 1.97. The number of likely N-dealkylation sites (N-methyl/N-ethyl adjacent to an activating group) is 2. The third-order valence-corrected chi connectivity index (χ3v) is 3.77. The van der Waals surface area contributed by atoms with Gasteiger partial charge in [0.2, 0.25) is 0 Å². The van der Waals surface area contributed by atoms with Crippen LogP contribution in [0.5, 0.6) is 0 Å². The molecule has 0 saturated carbocycles. The minimum Gasteiger partial charge on any atom is -0.339 e. The monoisotopic (exact) mass is 278 g/mol. The van der Waals surface area contributed by atoms with E-state index < -0.39 is 0 Å². The Bertz CT molecular complexity index is 449. The molecule has 2 rings (SSSR count). The molecule has 0 bridgehead atoms. The molecule has 1 atom stereocenters. The normalized spacial score (nSPS) is 19.1. The van der Waals surface area contributed by atoms with Crippen molar-refractivity contribution < 1.29 is 4.79 Å². The first kappa shape index (κ1) is 14.7. The Morgan fingerprint density at radius 3 is 2.95 bits per heavy atom. The maximum atomic E-state index is 12.3. The van der Waals surface area contributed by atoms with Crippen LogP contribution in [-0.4, -0.2) is 58.6 Å². The fraction of sp³-hybridized carbons (Fsp3) is 0.615. The number of hydrogen-bond donors (Lipinski definition) is 2. The van der Waals surface area contributed by atoms with Gasteiger partial charge in [0.25, 0.3) is 5.91 Å². The van der Waals surface area contributed by atoms with Crippen molar-refractivity contribution in [2.24, 2.45) is 5.84 Å². The summed E-state index contributed by atoms with van der Waals surface area (Å²) >= 11 is 0.